The van der Waals surface area contributed by atoms with Crippen molar-refractivity contribution in [3.63, 3.8) is 0 Å². The molecule has 2 N–H and O–H groups in total. The second kappa shape index (κ2) is 3.82. The summed E-state index contributed by atoms with van der Waals surface area (Å²) in [6.07, 6.45) is 5.85. The smallest absolute Gasteiger partial charge is 0.273 e. The molecular formula is C13H18N2O3. The van der Waals surface area contributed by atoms with Crippen molar-refractivity contribution in [1.82, 2.24) is 10.4 Å². The van der Waals surface area contributed by atoms with Crippen LogP contribution in [0.3, 0.4) is 0 Å². The fraction of sp³-hybridized carbons (Fsp3) is 0.692. The van der Waals surface area contributed by atoms with Crippen molar-refractivity contribution < 1.29 is 14.8 Å². The third-order valence-corrected chi connectivity index (χ3v) is 4.70. The lowest BCUT2D eigenvalue weighted by Crippen LogP contribution is -2.50. The van der Waals surface area contributed by atoms with Gasteiger partial charge in [-0.05, 0) is 37.5 Å². The maximum Gasteiger partial charge on any atom is 0.273 e. The number of amides is 2. The van der Waals surface area contributed by atoms with Gasteiger partial charge in [-0.15, -0.1) is 0 Å². The first-order valence-corrected chi connectivity index (χ1v) is 6.50. The highest BCUT2D eigenvalue weighted by atomic mass is 16.5. The Balaban J connectivity index is 1.95. The van der Waals surface area contributed by atoms with Gasteiger partial charge in [-0.2, -0.15) is 0 Å². The minimum atomic E-state index is -0.314. The van der Waals surface area contributed by atoms with Crippen molar-refractivity contribution in [3.8, 4) is 0 Å². The molecule has 5 heteroatoms. The lowest BCUT2D eigenvalue weighted by atomic mass is 9.76. The second-order valence-electron chi connectivity index (χ2n) is 5.71. The molecule has 1 saturated heterocycles. The first kappa shape index (κ1) is 11.7. The molecule has 2 heterocycles. The summed E-state index contributed by atoms with van der Waals surface area (Å²) in [6, 6.07) is -0.138. The van der Waals surface area contributed by atoms with Gasteiger partial charge in [-0.25, -0.2) is 5.06 Å². The van der Waals surface area contributed by atoms with E-state index in [0.29, 0.717) is 12.0 Å². The maximum absolute atomic E-state index is 12.0. The van der Waals surface area contributed by atoms with E-state index in [1.165, 1.54) is 0 Å². The molecule has 2 aliphatic heterocycles. The summed E-state index contributed by atoms with van der Waals surface area (Å²) in [5.41, 5.74) is 0.544. The van der Waals surface area contributed by atoms with Crippen LogP contribution < -0.4 is 5.32 Å². The molecular weight excluding hydrogens is 232 g/mol. The minimum Gasteiger partial charge on any atom is -0.359 e. The van der Waals surface area contributed by atoms with Crippen LogP contribution in [0, 0.1) is 11.3 Å². The summed E-state index contributed by atoms with van der Waals surface area (Å²) in [6.45, 7) is 0. The largest absolute Gasteiger partial charge is 0.359 e. The molecule has 1 saturated carbocycles. The normalized spacial score (nSPS) is 32.9. The lowest BCUT2D eigenvalue weighted by molar-refractivity contribution is -0.183. The molecule has 5 nitrogen and oxygen atoms in total. The quantitative estimate of drug-likeness (QED) is 0.677. The Morgan fingerprint density at radius 3 is 2.89 bits per heavy atom. The molecule has 2 bridgehead atoms. The van der Waals surface area contributed by atoms with Gasteiger partial charge in [-0.3, -0.25) is 14.8 Å². The van der Waals surface area contributed by atoms with Crippen LogP contribution >= 0.6 is 0 Å². The van der Waals surface area contributed by atoms with Crippen molar-refractivity contribution in [2.24, 2.45) is 11.3 Å². The van der Waals surface area contributed by atoms with E-state index < -0.39 is 0 Å². The van der Waals surface area contributed by atoms with Gasteiger partial charge in [0.1, 0.15) is 0 Å². The Morgan fingerprint density at radius 1 is 1.56 bits per heavy atom. The average Bonchev–Trinajstić information content (AvgIpc) is 3.11. The van der Waals surface area contributed by atoms with Crippen LogP contribution in [0.25, 0.3) is 0 Å². The first-order valence-electron chi connectivity index (χ1n) is 6.50. The van der Waals surface area contributed by atoms with E-state index >= 15 is 0 Å². The predicted molar refractivity (Wildman–Crippen MR) is 63.6 cm³/mol. The number of hydrogen-bond donors (Lipinski definition) is 2. The van der Waals surface area contributed by atoms with Crippen molar-refractivity contribution in [3.05, 3.63) is 11.6 Å². The van der Waals surface area contributed by atoms with Crippen molar-refractivity contribution in [1.29, 1.82) is 0 Å². The van der Waals surface area contributed by atoms with Gasteiger partial charge < -0.3 is 5.32 Å². The number of carbonyl (C=O) groups is 2. The highest BCUT2D eigenvalue weighted by Gasteiger charge is 2.56. The van der Waals surface area contributed by atoms with Crippen molar-refractivity contribution in [2.75, 3.05) is 7.05 Å². The summed E-state index contributed by atoms with van der Waals surface area (Å²) < 4.78 is 0. The lowest BCUT2D eigenvalue weighted by Gasteiger charge is -2.40. The monoisotopic (exact) mass is 250 g/mol. The van der Waals surface area contributed by atoms with Crippen molar-refractivity contribution >= 4 is 11.8 Å². The van der Waals surface area contributed by atoms with Crippen LogP contribution in [0.4, 0.5) is 0 Å². The van der Waals surface area contributed by atoms with Gasteiger partial charge in [0.25, 0.3) is 5.91 Å². The third kappa shape index (κ3) is 1.57. The third-order valence-electron chi connectivity index (χ3n) is 4.70. The topological polar surface area (TPSA) is 69.6 Å². The zero-order chi connectivity index (χ0) is 12.9. The summed E-state index contributed by atoms with van der Waals surface area (Å²) in [5.74, 6) is -0.442. The van der Waals surface area contributed by atoms with Crippen LogP contribution in [-0.2, 0) is 9.59 Å². The SMILES string of the molecule is CNC(=O)[C@H]1CC2=CCC(N(O)C2=O)C2(CC2)C1. The molecule has 2 amide bonds. The van der Waals surface area contributed by atoms with Crippen LogP contribution in [-0.4, -0.2) is 35.2 Å². The average molecular weight is 250 g/mol. The molecule has 2 atom stereocenters. The van der Waals surface area contributed by atoms with E-state index in [4.69, 9.17) is 0 Å². The maximum atomic E-state index is 12.0. The molecule has 2 fully saturated rings. The van der Waals surface area contributed by atoms with E-state index in [0.717, 1.165) is 30.7 Å². The molecule has 0 radical (unpaired) electrons. The molecule has 0 aromatic rings. The van der Waals surface area contributed by atoms with Crippen molar-refractivity contribution in [2.45, 2.75) is 38.1 Å². The number of nitrogens with one attached hydrogen (secondary N) is 1. The Kier molecular flexibility index (Phi) is 2.48. The fourth-order valence-corrected chi connectivity index (χ4v) is 3.46. The zero-order valence-electron chi connectivity index (χ0n) is 10.5. The predicted octanol–water partition coefficient (Wildman–Crippen LogP) is 0.839. The number of rotatable bonds is 1. The summed E-state index contributed by atoms with van der Waals surface area (Å²) >= 11 is 0. The highest BCUT2D eigenvalue weighted by Crippen LogP contribution is 2.58. The van der Waals surface area contributed by atoms with Gasteiger partial charge in [0.2, 0.25) is 5.91 Å². The van der Waals surface area contributed by atoms with Gasteiger partial charge in [0.15, 0.2) is 0 Å². The van der Waals surface area contributed by atoms with E-state index in [-0.39, 0.29) is 29.2 Å². The standard InChI is InChI=1S/C13H18N2O3/c1-14-11(16)9-6-8-2-3-10(15(18)12(8)17)13(7-9)4-5-13/h2,9-10,18H,3-7H2,1H3,(H,14,16)/t9-,10?/m0/s1. The number of fused-ring (bicyclic) bond motifs is 4. The van der Waals surface area contributed by atoms with Crippen LogP contribution in [0.5, 0.6) is 0 Å². The molecule has 0 aromatic heterocycles. The molecule has 0 aromatic carbocycles. The van der Waals surface area contributed by atoms with Gasteiger partial charge in [0.05, 0.1) is 6.04 Å². The van der Waals surface area contributed by atoms with E-state index in [2.05, 4.69) is 5.32 Å². The molecule has 4 aliphatic rings. The molecule has 1 spiro atoms. The second-order valence-corrected chi connectivity index (χ2v) is 5.71. The molecule has 4 rings (SSSR count). The Labute approximate surface area is 106 Å². The Bertz CT molecular complexity index is 440. The van der Waals surface area contributed by atoms with Crippen LogP contribution in [0.2, 0.25) is 0 Å². The van der Waals surface area contributed by atoms with Crippen LogP contribution in [0.15, 0.2) is 11.6 Å². The molecule has 18 heavy (non-hydrogen) atoms. The molecule has 2 aliphatic carbocycles. The summed E-state index contributed by atoms with van der Waals surface area (Å²) in [4.78, 5) is 23.9. The number of nitrogens with zero attached hydrogens (tertiary/aromatic N) is 1. The first-order chi connectivity index (χ1) is 8.57. The molecule has 98 valence electrons. The van der Waals surface area contributed by atoms with Crippen LogP contribution in [0.1, 0.15) is 32.1 Å². The molecule has 1 unspecified atom stereocenters. The number of hydroxylamine groups is 2. The van der Waals surface area contributed by atoms with E-state index in [1.54, 1.807) is 7.05 Å². The minimum absolute atomic E-state index is 0.00650. The summed E-state index contributed by atoms with van der Waals surface area (Å²) in [5, 5.41) is 13.6. The van der Waals surface area contributed by atoms with Gasteiger partial charge >= 0.3 is 0 Å². The van der Waals surface area contributed by atoms with Gasteiger partial charge in [-0.1, -0.05) is 6.08 Å². The number of hydrogen-bond acceptors (Lipinski definition) is 3. The zero-order valence-corrected chi connectivity index (χ0v) is 10.5. The van der Waals surface area contributed by atoms with E-state index in [1.807, 2.05) is 6.08 Å². The Hall–Kier alpha value is -1.36. The van der Waals surface area contributed by atoms with Gasteiger partial charge in [0, 0.05) is 18.5 Å². The summed E-state index contributed by atoms with van der Waals surface area (Å²) in [7, 11) is 1.63. The fourth-order valence-electron chi connectivity index (χ4n) is 3.46. The highest BCUT2D eigenvalue weighted by molar-refractivity contribution is 5.95. The van der Waals surface area contributed by atoms with E-state index in [9.17, 15) is 14.8 Å². The number of carbonyl (C=O) groups excluding carboxylic acids is 2. The Morgan fingerprint density at radius 2 is 2.28 bits per heavy atom.